The van der Waals surface area contributed by atoms with Gasteiger partial charge in [0.2, 0.25) is 0 Å². The van der Waals surface area contributed by atoms with Crippen molar-refractivity contribution in [2.24, 2.45) is 11.7 Å². The quantitative estimate of drug-likeness (QED) is 0.833. The molecule has 0 aliphatic rings. The first-order chi connectivity index (χ1) is 7.10. The molecule has 1 aromatic rings. The van der Waals surface area contributed by atoms with Crippen LogP contribution < -0.4 is 5.73 Å². The fraction of sp³-hybridized carbons (Fsp3) is 0.364. The maximum absolute atomic E-state index is 12.9. The highest BCUT2D eigenvalue weighted by atomic mass is 19.2. The maximum atomic E-state index is 12.9. The monoisotopic (exact) mass is 210 g/mol. The van der Waals surface area contributed by atoms with E-state index in [0.29, 0.717) is 12.0 Å². The molecule has 2 atom stereocenters. The summed E-state index contributed by atoms with van der Waals surface area (Å²) >= 11 is 0. The molecule has 4 heteroatoms. The minimum atomic E-state index is -0.934. The normalized spacial score (nSPS) is 14.3. The van der Waals surface area contributed by atoms with Crippen LogP contribution in [0, 0.1) is 28.9 Å². The lowest BCUT2D eigenvalue weighted by Gasteiger charge is -2.16. The van der Waals surface area contributed by atoms with E-state index in [4.69, 9.17) is 11.0 Å². The van der Waals surface area contributed by atoms with E-state index in [1.165, 1.54) is 6.07 Å². The lowest BCUT2D eigenvalue weighted by molar-refractivity contribution is 0.490. The van der Waals surface area contributed by atoms with E-state index < -0.39 is 17.7 Å². The van der Waals surface area contributed by atoms with Gasteiger partial charge < -0.3 is 5.73 Å². The molecule has 1 rings (SSSR count). The molecule has 0 aliphatic heterocycles. The Balaban J connectivity index is 2.97. The minimum Gasteiger partial charge on any atom is -0.323 e. The second kappa shape index (κ2) is 4.85. The molecule has 2 nitrogen and oxygen atoms in total. The molecule has 0 aromatic heterocycles. The second-order valence-electron chi connectivity index (χ2n) is 3.34. The van der Waals surface area contributed by atoms with Gasteiger partial charge in [-0.15, -0.1) is 0 Å². The molecule has 80 valence electrons. The number of nitrogens with zero attached hydrogens (tertiary/aromatic N) is 1. The molecule has 15 heavy (non-hydrogen) atoms. The maximum Gasteiger partial charge on any atom is 0.159 e. The van der Waals surface area contributed by atoms with E-state index >= 15 is 0 Å². The first-order valence-corrected chi connectivity index (χ1v) is 4.70. The van der Waals surface area contributed by atoms with Gasteiger partial charge in [0.25, 0.3) is 0 Å². The van der Waals surface area contributed by atoms with Gasteiger partial charge in [-0.05, 0) is 24.1 Å². The molecule has 0 fully saturated rings. The molecule has 0 saturated heterocycles. The van der Waals surface area contributed by atoms with E-state index in [9.17, 15) is 8.78 Å². The summed E-state index contributed by atoms with van der Waals surface area (Å²) in [6.45, 7) is 1.83. The Kier molecular flexibility index (Phi) is 3.75. The van der Waals surface area contributed by atoms with Crippen molar-refractivity contribution in [2.45, 2.75) is 19.4 Å². The van der Waals surface area contributed by atoms with Gasteiger partial charge >= 0.3 is 0 Å². The zero-order chi connectivity index (χ0) is 11.4. The van der Waals surface area contributed by atoms with Crippen LogP contribution in [0.5, 0.6) is 0 Å². The Morgan fingerprint density at radius 3 is 2.53 bits per heavy atom. The van der Waals surface area contributed by atoms with Crippen LogP contribution in [0.25, 0.3) is 0 Å². The summed E-state index contributed by atoms with van der Waals surface area (Å²) in [4.78, 5) is 0. The van der Waals surface area contributed by atoms with Crippen molar-refractivity contribution >= 4 is 0 Å². The van der Waals surface area contributed by atoms with Crippen molar-refractivity contribution in [1.29, 1.82) is 5.26 Å². The molecule has 1 aromatic carbocycles. The zero-order valence-corrected chi connectivity index (χ0v) is 8.37. The summed E-state index contributed by atoms with van der Waals surface area (Å²) in [6.07, 6.45) is 0.580. The van der Waals surface area contributed by atoms with Gasteiger partial charge in [0.1, 0.15) is 0 Å². The first kappa shape index (κ1) is 11.6. The van der Waals surface area contributed by atoms with Crippen LogP contribution >= 0.6 is 0 Å². The van der Waals surface area contributed by atoms with Gasteiger partial charge in [0.05, 0.1) is 12.0 Å². The van der Waals surface area contributed by atoms with Crippen LogP contribution in [0.4, 0.5) is 8.78 Å². The number of nitrogens with two attached hydrogens (primary N) is 1. The van der Waals surface area contributed by atoms with E-state index in [-0.39, 0.29) is 5.92 Å². The number of hydrogen-bond acceptors (Lipinski definition) is 2. The average molecular weight is 210 g/mol. The molecule has 0 heterocycles. The highest BCUT2D eigenvalue weighted by molar-refractivity contribution is 5.22. The highest BCUT2D eigenvalue weighted by Crippen LogP contribution is 2.22. The molecule has 2 N–H and O–H groups in total. The summed E-state index contributed by atoms with van der Waals surface area (Å²) in [6, 6.07) is 4.94. The minimum absolute atomic E-state index is 0.380. The van der Waals surface area contributed by atoms with E-state index in [2.05, 4.69) is 0 Å². The highest BCUT2D eigenvalue weighted by Gasteiger charge is 2.18. The largest absolute Gasteiger partial charge is 0.323 e. The predicted octanol–water partition coefficient (Wildman–Crippen LogP) is 2.51. The molecule has 0 amide bonds. The van der Waals surface area contributed by atoms with E-state index in [1.807, 2.05) is 13.0 Å². The number of nitriles is 1. The third-order valence-corrected chi connectivity index (χ3v) is 2.37. The molecule has 0 spiro atoms. The van der Waals surface area contributed by atoms with Gasteiger partial charge in [-0.2, -0.15) is 5.26 Å². The summed E-state index contributed by atoms with van der Waals surface area (Å²) in [7, 11) is 0. The third-order valence-electron chi connectivity index (χ3n) is 2.37. The van der Waals surface area contributed by atoms with Gasteiger partial charge in [-0.1, -0.05) is 13.0 Å². The Morgan fingerprint density at radius 2 is 2.07 bits per heavy atom. The van der Waals surface area contributed by atoms with Crippen molar-refractivity contribution < 1.29 is 8.78 Å². The molecule has 0 bridgehead atoms. The van der Waals surface area contributed by atoms with Gasteiger partial charge in [-0.3, -0.25) is 0 Å². The SMILES string of the molecule is CCC(C#N)C(N)c1ccc(F)c(F)c1. The number of rotatable bonds is 3. The van der Waals surface area contributed by atoms with Gasteiger partial charge in [-0.25, -0.2) is 8.78 Å². The van der Waals surface area contributed by atoms with Crippen LogP contribution in [-0.2, 0) is 0 Å². The van der Waals surface area contributed by atoms with Crippen molar-refractivity contribution in [2.75, 3.05) is 0 Å². The molecule has 0 radical (unpaired) electrons. The smallest absolute Gasteiger partial charge is 0.159 e. The van der Waals surface area contributed by atoms with Crippen LogP contribution in [0.3, 0.4) is 0 Å². The molecule has 2 unspecified atom stereocenters. The number of halogens is 2. The Hall–Kier alpha value is -1.47. The lowest BCUT2D eigenvalue weighted by Crippen LogP contribution is -2.19. The van der Waals surface area contributed by atoms with Crippen LogP contribution in [0.2, 0.25) is 0 Å². The summed E-state index contributed by atoms with van der Waals surface area (Å²) < 4.78 is 25.5. The topological polar surface area (TPSA) is 49.8 Å². The lowest BCUT2D eigenvalue weighted by atomic mass is 9.93. The predicted molar refractivity (Wildman–Crippen MR) is 52.7 cm³/mol. The molecule has 0 aliphatic carbocycles. The van der Waals surface area contributed by atoms with E-state index in [1.54, 1.807) is 0 Å². The van der Waals surface area contributed by atoms with Crippen molar-refractivity contribution in [1.82, 2.24) is 0 Å². The first-order valence-electron chi connectivity index (χ1n) is 4.70. The number of benzene rings is 1. The third kappa shape index (κ3) is 2.51. The van der Waals surface area contributed by atoms with Gasteiger partial charge in [0.15, 0.2) is 11.6 Å². The fourth-order valence-corrected chi connectivity index (χ4v) is 1.38. The molecular weight excluding hydrogens is 198 g/mol. The van der Waals surface area contributed by atoms with Crippen LogP contribution in [0.1, 0.15) is 24.9 Å². The average Bonchev–Trinajstić information content (AvgIpc) is 2.23. The van der Waals surface area contributed by atoms with Crippen molar-refractivity contribution in [3.8, 4) is 6.07 Å². The van der Waals surface area contributed by atoms with Gasteiger partial charge in [0, 0.05) is 6.04 Å². The van der Waals surface area contributed by atoms with Crippen molar-refractivity contribution in [3.63, 3.8) is 0 Å². The summed E-state index contributed by atoms with van der Waals surface area (Å²) in [5.74, 6) is -2.22. The van der Waals surface area contributed by atoms with E-state index in [0.717, 1.165) is 12.1 Å². The standard InChI is InChI=1S/C11H12F2N2/c1-2-7(6-14)11(15)8-3-4-9(12)10(13)5-8/h3-5,7,11H,2,15H2,1H3. The van der Waals surface area contributed by atoms with Crippen molar-refractivity contribution in [3.05, 3.63) is 35.4 Å². The van der Waals surface area contributed by atoms with Crippen LogP contribution in [-0.4, -0.2) is 0 Å². The Morgan fingerprint density at radius 1 is 1.40 bits per heavy atom. The molecular formula is C11H12F2N2. The Bertz CT molecular complexity index is 385. The Labute approximate surface area is 87.3 Å². The van der Waals surface area contributed by atoms with Crippen LogP contribution in [0.15, 0.2) is 18.2 Å². The zero-order valence-electron chi connectivity index (χ0n) is 8.37. The summed E-state index contributed by atoms with van der Waals surface area (Å²) in [5.41, 5.74) is 6.21. The summed E-state index contributed by atoms with van der Waals surface area (Å²) in [5, 5.41) is 8.78. The fourth-order valence-electron chi connectivity index (χ4n) is 1.38. The molecule has 0 saturated carbocycles. The number of hydrogen-bond donors (Lipinski definition) is 1. The second-order valence-corrected chi connectivity index (χ2v) is 3.34.